The van der Waals surface area contributed by atoms with Crippen molar-refractivity contribution in [2.75, 3.05) is 12.4 Å². The van der Waals surface area contributed by atoms with E-state index < -0.39 is 11.2 Å². The summed E-state index contributed by atoms with van der Waals surface area (Å²) in [5, 5.41) is 3.02. The zero-order chi connectivity index (χ0) is 13.4. The molecule has 4 N–H and O–H groups in total. The lowest BCUT2D eigenvalue weighted by atomic mass is 10.2. The van der Waals surface area contributed by atoms with E-state index in [-0.39, 0.29) is 11.2 Å². The molecule has 0 atom stereocenters. The van der Waals surface area contributed by atoms with Crippen LogP contribution in [-0.4, -0.2) is 27.0 Å². The fraction of sp³-hybridized carbons (Fsp3) is 0.0833. The van der Waals surface area contributed by atoms with E-state index in [9.17, 15) is 9.59 Å². The third-order valence-corrected chi connectivity index (χ3v) is 2.84. The Morgan fingerprint density at radius 3 is 2.47 bits per heavy atom. The van der Waals surface area contributed by atoms with Crippen molar-refractivity contribution >= 4 is 16.9 Å². The molecule has 0 radical (unpaired) electrons. The zero-order valence-corrected chi connectivity index (χ0v) is 10.1. The molecule has 0 saturated heterocycles. The van der Waals surface area contributed by atoms with Crippen molar-refractivity contribution in [2.45, 2.75) is 0 Å². The number of aromatic amines is 3. The SMILES string of the molecule is CNc1ccc(-c2nc3[nH]c(=O)[nH]c(=O)c3[nH]2)cc1. The van der Waals surface area contributed by atoms with E-state index in [4.69, 9.17) is 0 Å². The van der Waals surface area contributed by atoms with Crippen LogP contribution in [-0.2, 0) is 0 Å². The summed E-state index contributed by atoms with van der Waals surface area (Å²) in [4.78, 5) is 34.5. The Hall–Kier alpha value is -2.83. The highest BCUT2D eigenvalue weighted by atomic mass is 16.2. The van der Waals surface area contributed by atoms with Gasteiger partial charge >= 0.3 is 5.69 Å². The molecule has 0 saturated carbocycles. The van der Waals surface area contributed by atoms with Crippen LogP contribution in [0.4, 0.5) is 5.69 Å². The van der Waals surface area contributed by atoms with Gasteiger partial charge in [0.15, 0.2) is 5.65 Å². The van der Waals surface area contributed by atoms with Crippen LogP contribution in [0.2, 0.25) is 0 Å². The number of hydrogen-bond acceptors (Lipinski definition) is 4. The van der Waals surface area contributed by atoms with Crippen LogP contribution in [0, 0.1) is 0 Å². The summed E-state index contributed by atoms with van der Waals surface area (Å²) in [6.07, 6.45) is 0. The van der Waals surface area contributed by atoms with E-state index in [0.29, 0.717) is 5.82 Å². The van der Waals surface area contributed by atoms with Crippen LogP contribution in [0.3, 0.4) is 0 Å². The van der Waals surface area contributed by atoms with E-state index >= 15 is 0 Å². The summed E-state index contributed by atoms with van der Waals surface area (Å²) in [6.45, 7) is 0. The number of H-pyrrole nitrogens is 3. The van der Waals surface area contributed by atoms with Gasteiger partial charge in [-0.2, -0.15) is 0 Å². The number of aromatic nitrogens is 4. The number of rotatable bonds is 2. The Labute approximate surface area is 106 Å². The minimum atomic E-state index is -0.568. The maximum atomic E-state index is 11.6. The summed E-state index contributed by atoms with van der Waals surface area (Å²) < 4.78 is 0. The van der Waals surface area contributed by atoms with Gasteiger partial charge in [0.2, 0.25) is 0 Å². The quantitative estimate of drug-likeness (QED) is 0.540. The molecule has 2 heterocycles. The van der Waals surface area contributed by atoms with E-state index in [1.165, 1.54) is 0 Å². The number of anilines is 1. The first-order valence-electron chi connectivity index (χ1n) is 5.68. The molecule has 0 spiro atoms. The van der Waals surface area contributed by atoms with Crippen LogP contribution in [0.25, 0.3) is 22.6 Å². The highest BCUT2D eigenvalue weighted by Gasteiger charge is 2.09. The molecule has 96 valence electrons. The molecule has 0 unspecified atom stereocenters. The standard InChI is InChI=1S/C12H11N5O2/c1-13-7-4-2-6(3-5-7)9-14-8-10(15-9)16-12(19)17-11(8)18/h2-5,13H,1H3,(H3,14,15,16,17,18,19). The minimum absolute atomic E-state index is 0.251. The first-order chi connectivity index (χ1) is 9.17. The number of nitrogens with zero attached hydrogens (tertiary/aromatic N) is 1. The molecule has 7 heteroatoms. The van der Waals surface area contributed by atoms with Gasteiger partial charge in [-0.05, 0) is 24.3 Å². The molecule has 0 fully saturated rings. The van der Waals surface area contributed by atoms with Crippen molar-refractivity contribution in [1.82, 2.24) is 19.9 Å². The highest BCUT2D eigenvalue weighted by molar-refractivity contribution is 5.75. The molecule has 2 aromatic heterocycles. The second kappa shape index (κ2) is 4.13. The molecule has 0 aliphatic heterocycles. The van der Waals surface area contributed by atoms with Gasteiger partial charge in [0.05, 0.1) is 0 Å². The van der Waals surface area contributed by atoms with E-state index in [0.717, 1.165) is 11.3 Å². The third kappa shape index (κ3) is 1.90. The lowest BCUT2D eigenvalue weighted by Crippen LogP contribution is -2.21. The first-order valence-corrected chi connectivity index (χ1v) is 5.68. The van der Waals surface area contributed by atoms with E-state index in [1.807, 2.05) is 31.3 Å². The Kier molecular flexibility index (Phi) is 2.45. The second-order valence-electron chi connectivity index (χ2n) is 4.04. The molecule has 3 aromatic rings. The van der Waals surface area contributed by atoms with Crippen LogP contribution in [0.5, 0.6) is 0 Å². The average molecular weight is 257 g/mol. The third-order valence-electron chi connectivity index (χ3n) is 2.84. The fourth-order valence-corrected chi connectivity index (χ4v) is 1.86. The normalized spacial score (nSPS) is 10.8. The Morgan fingerprint density at radius 2 is 1.79 bits per heavy atom. The molecule has 1 aromatic carbocycles. The zero-order valence-electron chi connectivity index (χ0n) is 10.1. The minimum Gasteiger partial charge on any atom is -0.388 e. The van der Waals surface area contributed by atoms with Crippen LogP contribution >= 0.6 is 0 Å². The number of imidazole rings is 1. The summed E-state index contributed by atoms with van der Waals surface area (Å²) in [6, 6.07) is 7.54. The maximum absolute atomic E-state index is 11.6. The Balaban J connectivity index is 2.17. The fourth-order valence-electron chi connectivity index (χ4n) is 1.86. The Morgan fingerprint density at radius 1 is 1.05 bits per heavy atom. The van der Waals surface area contributed by atoms with Gasteiger partial charge in [0, 0.05) is 18.3 Å². The lowest BCUT2D eigenvalue weighted by molar-refractivity contribution is 1.07. The molecule has 0 amide bonds. The molecule has 0 aliphatic carbocycles. The van der Waals surface area contributed by atoms with Crippen molar-refractivity contribution in [3.8, 4) is 11.4 Å². The van der Waals surface area contributed by atoms with Gasteiger partial charge in [-0.3, -0.25) is 14.8 Å². The number of nitrogens with one attached hydrogen (secondary N) is 4. The lowest BCUT2D eigenvalue weighted by Gasteiger charge is -2.00. The molecule has 3 rings (SSSR count). The first kappa shape index (κ1) is 11.3. The smallest absolute Gasteiger partial charge is 0.327 e. The number of benzene rings is 1. The summed E-state index contributed by atoms with van der Waals surface area (Å²) in [7, 11) is 1.83. The van der Waals surface area contributed by atoms with E-state index in [1.54, 1.807) is 0 Å². The monoisotopic (exact) mass is 257 g/mol. The van der Waals surface area contributed by atoms with Gasteiger partial charge in [-0.25, -0.2) is 9.78 Å². The van der Waals surface area contributed by atoms with Crippen molar-refractivity contribution in [1.29, 1.82) is 0 Å². The van der Waals surface area contributed by atoms with Gasteiger partial charge in [-0.1, -0.05) is 0 Å². The molecule has 0 aliphatic rings. The summed E-state index contributed by atoms with van der Waals surface area (Å²) in [5.41, 5.74) is 1.26. The average Bonchev–Trinajstić information content (AvgIpc) is 2.83. The summed E-state index contributed by atoms with van der Waals surface area (Å²) in [5.74, 6) is 0.532. The van der Waals surface area contributed by atoms with Crippen LogP contribution in [0.1, 0.15) is 0 Å². The van der Waals surface area contributed by atoms with Crippen molar-refractivity contribution in [3.05, 3.63) is 45.1 Å². The van der Waals surface area contributed by atoms with Gasteiger partial charge < -0.3 is 10.3 Å². The van der Waals surface area contributed by atoms with Crippen molar-refractivity contribution in [2.24, 2.45) is 0 Å². The molecule has 0 bridgehead atoms. The maximum Gasteiger partial charge on any atom is 0.327 e. The van der Waals surface area contributed by atoms with Crippen molar-refractivity contribution in [3.63, 3.8) is 0 Å². The number of hydrogen-bond donors (Lipinski definition) is 4. The Bertz CT molecular complexity index is 841. The molecular formula is C12H11N5O2. The molecular weight excluding hydrogens is 246 g/mol. The van der Waals surface area contributed by atoms with Gasteiger partial charge in [-0.15, -0.1) is 0 Å². The molecule has 7 nitrogen and oxygen atoms in total. The molecule has 19 heavy (non-hydrogen) atoms. The largest absolute Gasteiger partial charge is 0.388 e. The van der Waals surface area contributed by atoms with E-state index in [2.05, 4.69) is 25.3 Å². The topological polar surface area (TPSA) is 106 Å². The number of fused-ring (bicyclic) bond motifs is 1. The van der Waals surface area contributed by atoms with Crippen LogP contribution in [0.15, 0.2) is 33.9 Å². The summed E-state index contributed by atoms with van der Waals surface area (Å²) >= 11 is 0. The van der Waals surface area contributed by atoms with Crippen LogP contribution < -0.4 is 16.6 Å². The predicted octanol–water partition coefficient (Wildman–Crippen LogP) is 0.648. The van der Waals surface area contributed by atoms with Crippen molar-refractivity contribution < 1.29 is 0 Å². The van der Waals surface area contributed by atoms with Gasteiger partial charge in [0.25, 0.3) is 5.56 Å². The second-order valence-corrected chi connectivity index (χ2v) is 4.04. The van der Waals surface area contributed by atoms with Gasteiger partial charge in [0.1, 0.15) is 11.3 Å². The predicted molar refractivity (Wildman–Crippen MR) is 72.3 cm³/mol. The highest BCUT2D eigenvalue weighted by Crippen LogP contribution is 2.19.